The summed E-state index contributed by atoms with van der Waals surface area (Å²) in [5.41, 5.74) is 1.13. The lowest BCUT2D eigenvalue weighted by Gasteiger charge is -2.10. The van der Waals surface area contributed by atoms with Crippen molar-refractivity contribution >= 4 is 29.0 Å². The summed E-state index contributed by atoms with van der Waals surface area (Å²) >= 11 is 5.91. The summed E-state index contributed by atoms with van der Waals surface area (Å²) in [5.74, 6) is -0.343. The van der Waals surface area contributed by atoms with Crippen LogP contribution >= 0.6 is 11.6 Å². The maximum absolute atomic E-state index is 12.4. The number of aromatic nitrogens is 4. The lowest BCUT2D eigenvalue weighted by atomic mass is 10.1. The summed E-state index contributed by atoms with van der Waals surface area (Å²) in [6.45, 7) is 3.79. The Morgan fingerprint density at radius 3 is 2.90 bits per heavy atom. The van der Waals surface area contributed by atoms with Gasteiger partial charge >= 0.3 is 5.82 Å². The molecule has 1 N–H and O–H groups in total. The molecule has 2 heterocycles. The number of halogens is 1. The Bertz CT molecular complexity index is 1030. The molecule has 3 rings (SSSR count). The number of hydrogen-bond acceptors (Lipinski definition) is 6. The van der Waals surface area contributed by atoms with Gasteiger partial charge in [0, 0.05) is 5.02 Å². The molecule has 1 amide bonds. The molecule has 0 bridgehead atoms. The van der Waals surface area contributed by atoms with E-state index >= 15 is 0 Å². The first-order chi connectivity index (χ1) is 13.8. The minimum Gasteiger partial charge on any atom is -0.471 e. The third-order valence-corrected chi connectivity index (χ3v) is 4.35. The Hall–Kier alpha value is -3.40. The number of benzene rings is 1. The molecule has 0 aliphatic heterocycles. The SMILES string of the molecule is Cc1cc([N+](=O)[O-])nn1CC(C)C(=O)Nc1cnn(COc2cccc(Cl)c2)c1. The number of rotatable bonds is 8. The van der Waals surface area contributed by atoms with Crippen molar-refractivity contribution in [2.75, 3.05) is 5.32 Å². The van der Waals surface area contributed by atoms with Crippen molar-refractivity contribution in [2.45, 2.75) is 27.1 Å². The molecule has 0 aliphatic carbocycles. The molecular weight excluding hydrogens is 400 g/mol. The highest BCUT2D eigenvalue weighted by Crippen LogP contribution is 2.18. The van der Waals surface area contributed by atoms with E-state index in [1.807, 2.05) is 0 Å². The fraction of sp³-hybridized carbons (Fsp3) is 0.278. The number of carbonyl (C=O) groups is 1. The van der Waals surface area contributed by atoms with Crippen molar-refractivity contribution in [3.8, 4) is 5.75 Å². The normalized spacial score (nSPS) is 11.8. The molecule has 2 aromatic heterocycles. The zero-order chi connectivity index (χ0) is 21.0. The summed E-state index contributed by atoms with van der Waals surface area (Å²) in [5, 5.41) is 22.2. The molecule has 29 heavy (non-hydrogen) atoms. The number of ether oxygens (including phenoxy) is 1. The highest BCUT2D eigenvalue weighted by molar-refractivity contribution is 6.30. The summed E-state index contributed by atoms with van der Waals surface area (Å²) in [6, 6.07) is 8.37. The lowest BCUT2D eigenvalue weighted by Crippen LogP contribution is -2.25. The Morgan fingerprint density at radius 2 is 2.21 bits per heavy atom. The van der Waals surface area contributed by atoms with Crippen LogP contribution in [0.25, 0.3) is 0 Å². The van der Waals surface area contributed by atoms with Crippen LogP contribution in [0.15, 0.2) is 42.7 Å². The lowest BCUT2D eigenvalue weighted by molar-refractivity contribution is -0.389. The number of aryl methyl sites for hydroxylation is 1. The van der Waals surface area contributed by atoms with E-state index in [9.17, 15) is 14.9 Å². The predicted molar refractivity (Wildman–Crippen MR) is 106 cm³/mol. The molecular formula is C18H19ClN6O4. The van der Waals surface area contributed by atoms with E-state index in [4.69, 9.17) is 16.3 Å². The van der Waals surface area contributed by atoms with Gasteiger partial charge < -0.3 is 20.2 Å². The van der Waals surface area contributed by atoms with Gasteiger partial charge in [0.1, 0.15) is 5.75 Å². The second-order valence-electron chi connectivity index (χ2n) is 6.47. The van der Waals surface area contributed by atoms with E-state index in [0.29, 0.717) is 22.2 Å². The summed E-state index contributed by atoms with van der Waals surface area (Å²) in [7, 11) is 0. The first kappa shape index (κ1) is 20.3. The Kier molecular flexibility index (Phi) is 6.13. The summed E-state index contributed by atoms with van der Waals surface area (Å²) in [6.07, 6.45) is 3.15. The molecule has 0 aliphatic rings. The number of nitrogens with one attached hydrogen (secondary N) is 1. The van der Waals surface area contributed by atoms with Gasteiger partial charge in [0.25, 0.3) is 0 Å². The van der Waals surface area contributed by atoms with E-state index < -0.39 is 10.8 Å². The van der Waals surface area contributed by atoms with Crippen LogP contribution in [-0.2, 0) is 18.1 Å². The van der Waals surface area contributed by atoms with Gasteiger partial charge in [-0.2, -0.15) is 9.78 Å². The Balaban J connectivity index is 1.54. The monoisotopic (exact) mass is 418 g/mol. The summed E-state index contributed by atoms with van der Waals surface area (Å²) in [4.78, 5) is 22.7. The Morgan fingerprint density at radius 1 is 1.41 bits per heavy atom. The van der Waals surface area contributed by atoms with Gasteiger partial charge in [0.2, 0.25) is 5.91 Å². The van der Waals surface area contributed by atoms with Crippen molar-refractivity contribution in [3.05, 3.63) is 63.6 Å². The van der Waals surface area contributed by atoms with Gasteiger partial charge in [-0.05, 0) is 30.0 Å². The van der Waals surface area contributed by atoms with E-state index in [1.165, 1.54) is 21.6 Å². The fourth-order valence-corrected chi connectivity index (χ4v) is 2.75. The molecule has 1 unspecified atom stereocenters. The number of nitrogens with zero attached hydrogens (tertiary/aromatic N) is 5. The van der Waals surface area contributed by atoms with Gasteiger partial charge in [-0.25, -0.2) is 4.68 Å². The maximum atomic E-state index is 12.4. The number of anilines is 1. The number of carbonyl (C=O) groups excluding carboxylic acids is 1. The number of hydrogen-bond donors (Lipinski definition) is 1. The third kappa shape index (κ3) is 5.32. The minimum atomic E-state index is -0.561. The second-order valence-corrected chi connectivity index (χ2v) is 6.91. The maximum Gasteiger partial charge on any atom is 0.390 e. The van der Waals surface area contributed by atoms with Gasteiger partial charge in [-0.15, -0.1) is 0 Å². The molecule has 0 radical (unpaired) electrons. The molecule has 0 spiro atoms. The molecule has 3 aromatic rings. The smallest absolute Gasteiger partial charge is 0.390 e. The van der Waals surface area contributed by atoms with Crippen LogP contribution in [0.3, 0.4) is 0 Å². The van der Waals surface area contributed by atoms with Crippen LogP contribution in [0.1, 0.15) is 12.6 Å². The van der Waals surface area contributed by atoms with Crippen molar-refractivity contribution in [3.63, 3.8) is 0 Å². The summed E-state index contributed by atoms with van der Waals surface area (Å²) < 4.78 is 8.57. The number of nitro groups is 1. The zero-order valence-electron chi connectivity index (χ0n) is 15.8. The van der Waals surface area contributed by atoms with Gasteiger partial charge in [-0.1, -0.05) is 24.6 Å². The van der Waals surface area contributed by atoms with E-state index in [2.05, 4.69) is 15.5 Å². The first-order valence-electron chi connectivity index (χ1n) is 8.72. The Labute approximate surface area is 171 Å². The topological polar surface area (TPSA) is 117 Å². The first-order valence-corrected chi connectivity index (χ1v) is 9.10. The van der Waals surface area contributed by atoms with Crippen LogP contribution in [0, 0.1) is 23.0 Å². The highest BCUT2D eigenvalue weighted by Gasteiger charge is 2.21. The predicted octanol–water partition coefficient (Wildman–Crippen LogP) is 3.26. The second kappa shape index (κ2) is 8.74. The van der Waals surface area contributed by atoms with Crippen molar-refractivity contribution < 1.29 is 14.5 Å². The van der Waals surface area contributed by atoms with E-state index in [0.717, 1.165) is 0 Å². The average Bonchev–Trinajstić information content (AvgIpc) is 3.27. The van der Waals surface area contributed by atoms with Crippen LogP contribution in [0.2, 0.25) is 5.02 Å². The van der Waals surface area contributed by atoms with Crippen molar-refractivity contribution in [1.29, 1.82) is 0 Å². The minimum absolute atomic E-state index is 0.155. The van der Waals surface area contributed by atoms with Gasteiger partial charge in [0.15, 0.2) is 6.73 Å². The molecule has 1 aromatic carbocycles. The standard InChI is InChI=1S/C18H19ClN6O4/c1-12(9-24-13(2)6-17(22-24)25(27)28)18(26)21-15-8-20-23(10-15)11-29-16-5-3-4-14(19)7-16/h3-8,10,12H,9,11H2,1-2H3,(H,21,26). The van der Waals surface area contributed by atoms with Gasteiger partial charge in [0.05, 0.1) is 47.4 Å². The quantitative estimate of drug-likeness (QED) is 0.443. The van der Waals surface area contributed by atoms with E-state index in [1.54, 1.807) is 44.3 Å². The zero-order valence-corrected chi connectivity index (χ0v) is 16.5. The largest absolute Gasteiger partial charge is 0.471 e. The van der Waals surface area contributed by atoms with Crippen LogP contribution < -0.4 is 10.1 Å². The van der Waals surface area contributed by atoms with Crippen molar-refractivity contribution in [1.82, 2.24) is 19.6 Å². The molecule has 1 atom stereocenters. The molecule has 152 valence electrons. The third-order valence-electron chi connectivity index (χ3n) is 4.11. The van der Waals surface area contributed by atoms with Crippen LogP contribution in [0.4, 0.5) is 11.5 Å². The molecule has 0 saturated heterocycles. The fourth-order valence-electron chi connectivity index (χ4n) is 2.57. The molecule has 0 fully saturated rings. The van der Waals surface area contributed by atoms with E-state index in [-0.39, 0.29) is 25.0 Å². The van der Waals surface area contributed by atoms with Crippen LogP contribution in [0.5, 0.6) is 5.75 Å². The van der Waals surface area contributed by atoms with Crippen molar-refractivity contribution in [2.24, 2.45) is 5.92 Å². The number of amides is 1. The molecule has 0 saturated carbocycles. The van der Waals surface area contributed by atoms with Gasteiger partial charge in [-0.3, -0.25) is 4.79 Å². The average molecular weight is 419 g/mol. The highest BCUT2D eigenvalue weighted by atomic mass is 35.5. The molecule has 11 heteroatoms. The molecule has 10 nitrogen and oxygen atoms in total. The van der Waals surface area contributed by atoms with Crippen LogP contribution in [-0.4, -0.2) is 30.4 Å².